The van der Waals surface area contributed by atoms with Crippen LogP contribution in [0.2, 0.25) is 0 Å². The average molecular weight is 463 g/mol. The molecule has 1 amide bonds. The first-order valence-electron chi connectivity index (χ1n) is 12.1. The van der Waals surface area contributed by atoms with Crippen molar-refractivity contribution in [2.45, 2.75) is 52.1 Å². The van der Waals surface area contributed by atoms with Gasteiger partial charge in [-0.2, -0.15) is 0 Å². The Morgan fingerprint density at radius 1 is 1.18 bits per heavy atom. The zero-order valence-electron chi connectivity index (χ0n) is 19.6. The quantitative estimate of drug-likeness (QED) is 0.408. The van der Waals surface area contributed by atoms with Crippen LogP contribution in [0.4, 0.5) is 5.82 Å². The number of aromatic amines is 1. The summed E-state index contributed by atoms with van der Waals surface area (Å²) in [4.78, 5) is 44.2. The number of aromatic nitrogens is 6. The maximum absolute atomic E-state index is 12.8. The van der Waals surface area contributed by atoms with Gasteiger partial charge in [0, 0.05) is 32.2 Å². The Morgan fingerprint density at radius 3 is 2.74 bits per heavy atom. The number of carbonyl (C=O) groups is 1. The summed E-state index contributed by atoms with van der Waals surface area (Å²) in [7, 11) is 0. The molecule has 178 valence electrons. The van der Waals surface area contributed by atoms with Gasteiger partial charge in [-0.05, 0) is 38.3 Å². The highest BCUT2D eigenvalue weighted by molar-refractivity contribution is 5.96. The summed E-state index contributed by atoms with van der Waals surface area (Å²) in [6.07, 6.45) is 5.11. The number of anilines is 1. The number of H-pyrrole nitrogens is 1. The normalized spacial score (nSPS) is 14.8. The topological polar surface area (TPSA) is 114 Å². The number of rotatable bonds is 7. The second-order valence-electron chi connectivity index (χ2n) is 8.69. The van der Waals surface area contributed by atoms with Crippen molar-refractivity contribution in [2.24, 2.45) is 0 Å². The van der Waals surface area contributed by atoms with E-state index in [2.05, 4.69) is 37.1 Å². The summed E-state index contributed by atoms with van der Waals surface area (Å²) in [5.74, 6) is 0.928. The van der Waals surface area contributed by atoms with Gasteiger partial charge < -0.3 is 19.8 Å². The maximum atomic E-state index is 12.8. The summed E-state index contributed by atoms with van der Waals surface area (Å²) < 4.78 is 3.73. The van der Waals surface area contributed by atoms with Crippen LogP contribution in [0.5, 0.6) is 0 Å². The molecule has 0 atom stereocenters. The monoisotopic (exact) mass is 462 g/mol. The predicted octanol–water partition coefficient (Wildman–Crippen LogP) is 2.86. The van der Waals surface area contributed by atoms with Gasteiger partial charge in [0.05, 0.1) is 11.0 Å². The molecule has 0 saturated carbocycles. The number of hydrogen-bond acceptors (Lipinski definition) is 6. The molecule has 3 aromatic heterocycles. The number of amides is 1. The second kappa shape index (κ2) is 9.28. The Kier molecular flexibility index (Phi) is 6.04. The SMILES string of the molecule is CCCCNC(=O)c1nc2c(N3CCC(n4c(=O)[nH]c5ccccc54)CC3)ncnc2n1CC. The molecule has 1 aromatic carbocycles. The fourth-order valence-electron chi connectivity index (χ4n) is 4.86. The van der Waals surface area contributed by atoms with Crippen molar-refractivity contribution < 1.29 is 4.79 Å². The molecule has 1 fully saturated rings. The highest BCUT2D eigenvalue weighted by Crippen LogP contribution is 2.30. The summed E-state index contributed by atoms with van der Waals surface area (Å²) in [5, 5.41) is 2.96. The van der Waals surface area contributed by atoms with Crippen LogP contribution in [0.3, 0.4) is 0 Å². The van der Waals surface area contributed by atoms with Gasteiger partial charge in [0.2, 0.25) is 5.82 Å². The standard InChI is InChI=1S/C24H30N8O2/c1-3-5-12-25-23(33)22-29-19-20(26-15-27-21(19)31(22)4-2)30-13-10-16(11-14-30)32-18-9-7-6-8-17(18)28-24(32)34/h6-9,15-16H,3-5,10-14H2,1-2H3,(H,25,33)(H,28,34). The van der Waals surface area contributed by atoms with Crippen molar-refractivity contribution in [2.75, 3.05) is 24.5 Å². The van der Waals surface area contributed by atoms with Crippen molar-refractivity contribution in [3.63, 3.8) is 0 Å². The van der Waals surface area contributed by atoms with Gasteiger partial charge in [0.15, 0.2) is 17.0 Å². The molecule has 10 heteroatoms. The lowest BCUT2D eigenvalue weighted by molar-refractivity contribution is 0.0939. The van der Waals surface area contributed by atoms with E-state index in [-0.39, 0.29) is 17.6 Å². The van der Waals surface area contributed by atoms with E-state index in [4.69, 9.17) is 0 Å². The maximum Gasteiger partial charge on any atom is 0.326 e. The Bertz CT molecular complexity index is 1380. The van der Waals surface area contributed by atoms with Gasteiger partial charge in [-0.15, -0.1) is 0 Å². The number of benzene rings is 1. The van der Waals surface area contributed by atoms with E-state index in [9.17, 15) is 9.59 Å². The summed E-state index contributed by atoms with van der Waals surface area (Å²) in [6, 6.07) is 7.92. The average Bonchev–Trinajstić information content (AvgIpc) is 3.41. The van der Waals surface area contributed by atoms with E-state index >= 15 is 0 Å². The molecule has 5 rings (SSSR count). The molecule has 1 saturated heterocycles. The van der Waals surface area contributed by atoms with Crippen LogP contribution in [0.1, 0.15) is 56.2 Å². The number of carbonyl (C=O) groups excluding carboxylic acids is 1. The molecule has 34 heavy (non-hydrogen) atoms. The first kappa shape index (κ1) is 22.1. The third-order valence-corrected chi connectivity index (χ3v) is 6.60. The Hall–Kier alpha value is -3.69. The number of nitrogens with one attached hydrogen (secondary N) is 2. The summed E-state index contributed by atoms with van der Waals surface area (Å²) in [5.41, 5.74) is 3.05. The van der Waals surface area contributed by atoms with Crippen LogP contribution < -0.4 is 15.9 Å². The van der Waals surface area contributed by atoms with Gasteiger partial charge in [-0.3, -0.25) is 9.36 Å². The molecule has 0 unspecified atom stereocenters. The van der Waals surface area contributed by atoms with E-state index < -0.39 is 0 Å². The highest BCUT2D eigenvalue weighted by atomic mass is 16.2. The van der Waals surface area contributed by atoms with Crippen molar-refractivity contribution in [1.29, 1.82) is 0 Å². The molecule has 1 aliphatic heterocycles. The minimum Gasteiger partial charge on any atom is -0.355 e. The number of aryl methyl sites for hydroxylation is 1. The fraction of sp³-hybridized carbons (Fsp3) is 0.458. The molecule has 10 nitrogen and oxygen atoms in total. The summed E-state index contributed by atoms with van der Waals surface area (Å²) in [6.45, 7) is 6.76. The molecule has 1 aliphatic rings. The van der Waals surface area contributed by atoms with Gasteiger partial charge in [-0.25, -0.2) is 19.7 Å². The van der Waals surface area contributed by atoms with Crippen LogP contribution in [0.25, 0.3) is 22.2 Å². The molecule has 0 radical (unpaired) electrons. The van der Waals surface area contributed by atoms with Crippen molar-refractivity contribution in [3.8, 4) is 0 Å². The zero-order valence-corrected chi connectivity index (χ0v) is 19.6. The molecule has 0 bridgehead atoms. The third-order valence-electron chi connectivity index (χ3n) is 6.60. The lowest BCUT2D eigenvalue weighted by Gasteiger charge is -2.33. The number of unbranched alkanes of at least 4 members (excludes halogenated alkanes) is 1. The molecule has 4 heterocycles. The number of para-hydroxylation sites is 2. The van der Waals surface area contributed by atoms with E-state index in [1.807, 2.05) is 40.3 Å². The van der Waals surface area contributed by atoms with Gasteiger partial charge >= 0.3 is 5.69 Å². The van der Waals surface area contributed by atoms with E-state index in [0.29, 0.717) is 30.1 Å². The van der Waals surface area contributed by atoms with Gasteiger partial charge in [0.25, 0.3) is 5.91 Å². The van der Waals surface area contributed by atoms with Crippen molar-refractivity contribution >= 4 is 33.9 Å². The van der Waals surface area contributed by atoms with Crippen LogP contribution >= 0.6 is 0 Å². The molecule has 0 spiro atoms. The largest absolute Gasteiger partial charge is 0.355 e. The number of hydrogen-bond donors (Lipinski definition) is 2. The smallest absolute Gasteiger partial charge is 0.326 e. The molecule has 2 N–H and O–H groups in total. The highest BCUT2D eigenvalue weighted by Gasteiger charge is 2.27. The molecule has 0 aliphatic carbocycles. The van der Waals surface area contributed by atoms with Crippen LogP contribution in [-0.4, -0.2) is 54.6 Å². The molecule has 4 aromatic rings. The summed E-state index contributed by atoms with van der Waals surface area (Å²) >= 11 is 0. The lowest BCUT2D eigenvalue weighted by atomic mass is 10.0. The second-order valence-corrected chi connectivity index (χ2v) is 8.69. The lowest BCUT2D eigenvalue weighted by Crippen LogP contribution is -2.37. The zero-order chi connectivity index (χ0) is 23.7. The first-order chi connectivity index (χ1) is 16.6. The third kappa shape index (κ3) is 3.82. The number of fused-ring (bicyclic) bond motifs is 2. The fourth-order valence-corrected chi connectivity index (χ4v) is 4.86. The van der Waals surface area contributed by atoms with Crippen molar-refractivity contribution in [3.05, 3.63) is 46.9 Å². The molecular formula is C24H30N8O2. The Morgan fingerprint density at radius 2 is 1.97 bits per heavy atom. The molecular weight excluding hydrogens is 432 g/mol. The van der Waals surface area contributed by atoms with Crippen LogP contribution in [-0.2, 0) is 6.54 Å². The van der Waals surface area contributed by atoms with Crippen LogP contribution in [0, 0.1) is 0 Å². The number of nitrogens with zero attached hydrogens (tertiary/aromatic N) is 6. The van der Waals surface area contributed by atoms with Gasteiger partial charge in [-0.1, -0.05) is 25.5 Å². The predicted molar refractivity (Wildman–Crippen MR) is 131 cm³/mol. The Balaban J connectivity index is 1.40. The minimum atomic E-state index is -0.184. The van der Waals surface area contributed by atoms with E-state index in [1.54, 1.807) is 6.33 Å². The van der Waals surface area contributed by atoms with Crippen molar-refractivity contribution in [1.82, 2.24) is 34.4 Å². The van der Waals surface area contributed by atoms with E-state index in [0.717, 1.165) is 55.6 Å². The minimum absolute atomic E-state index is 0.0653. The number of imidazole rings is 2. The van der Waals surface area contributed by atoms with E-state index in [1.165, 1.54) is 0 Å². The number of piperidine rings is 1. The van der Waals surface area contributed by atoms with Crippen LogP contribution in [0.15, 0.2) is 35.4 Å². The van der Waals surface area contributed by atoms with Gasteiger partial charge in [0.1, 0.15) is 6.33 Å². The Labute approximate surface area is 197 Å². The first-order valence-corrected chi connectivity index (χ1v) is 12.1.